The highest BCUT2D eigenvalue weighted by molar-refractivity contribution is 6.13. The molecule has 0 radical (unpaired) electrons. The van der Waals surface area contributed by atoms with E-state index in [-0.39, 0.29) is 17.6 Å². The predicted octanol–water partition coefficient (Wildman–Crippen LogP) is 4.12. The highest BCUT2D eigenvalue weighted by Gasteiger charge is 2.19. The summed E-state index contributed by atoms with van der Waals surface area (Å²) in [7, 11) is 3.45. The average molecular weight is 441 g/mol. The van der Waals surface area contributed by atoms with Crippen molar-refractivity contribution < 1.29 is 4.79 Å². The van der Waals surface area contributed by atoms with Gasteiger partial charge in [-0.05, 0) is 38.1 Å². The first-order chi connectivity index (χ1) is 15.8. The monoisotopic (exact) mass is 440 g/mol. The summed E-state index contributed by atoms with van der Waals surface area (Å²) < 4.78 is 4.97. The number of carbonyl (C=O) groups excluding carboxylic acids is 1. The predicted molar refractivity (Wildman–Crippen MR) is 129 cm³/mol. The SMILES string of the molecule is CC(C)n1ncc2c(C(=O)Nc3ccc4c(c3)n(C)c(=O)n4C)cc(-c3ccccc3)nc21. The van der Waals surface area contributed by atoms with Gasteiger partial charge in [-0.15, -0.1) is 0 Å². The lowest BCUT2D eigenvalue weighted by molar-refractivity contribution is 0.102. The van der Waals surface area contributed by atoms with Crippen molar-refractivity contribution in [3.05, 3.63) is 76.8 Å². The molecule has 0 unspecified atom stereocenters. The van der Waals surface area contributed by atoms with Crippen molar-refractivity contribution in [2.45, 2.75) is 19.9 Å². The van der Waals surface area contributed by atoms with Crippen LogP contribution in [0.2, 0.25) is 0 Å². The van der Waals surface area contributed by atoms with Crippen LogP contribution in [-0.4, -0.2) is 29.8 Å². The number of nitrogens with zero attached hydrogens (tertiary/aromatic N) is 5. The number of hydrogen-bond donors (Lipinski definition) is 1. The van der Waals surface area contributed by atoms with Crippen LogP contribution < -0.4 is 11.0 Å². The molecule has 0 saturated heterocycles. The number of fused-ring (bicyclic) bond motifs is 2. The Labute approximate surface area is 190 Å². The Morgan fingerprint density at radius 2 is 1.70 bits per heavy atom. The minimum absolute atomic E-state index is 0.0960. The summed E-state index contributed by atoms with van der Waals surface area (Å²) in [6.45, 7) is 4.06. The van der Waals surface area contributed by atoms with Gasteiger partial charge in [-0.25, -0.2) is 14.5 Å². The summed E-state index contributed by atoms with van der Waals surface area (Å²) in [5.41, 5.74) is 4.83. The molecule has 33 heavy (non-hydrogen) atoms. The molecule has 1 amide bonds. The van der Waals surface area contributed by atoms with E-state index in [0.29, 0.717) is 28.0 Å². The van der Waals surface area contributed by atoms with Crippen LogP contribution in [0.5, 0.6) is 0 Å². The third-order valence-corrected chi connectivity index (χ3v) is 5.90. The molecule has 0 spiro atoms. The van der Waals surface area contributed by atoms with Crippen LogP contribution in [0.1, 0.15) is 30.2 Å². The standard InChI is InChI=1S/C25H24N6O2/c1-15(2)31-23-19(14-26-31)18(13-20(28-23)16-8-6-5-7-9-16)24(32)27-17-10-11-21-22(12-17)30(4)25(33)29(21)3/h5-15H,1-4H3,(H,27,32). The zero-order chi connectivity index (χ0) is 23.3. The fraction of sp³-hybridized carbons (Fsp3) is 0.200. The van der Waals surface area contributed by atoms with Crippen LogP contribution in [0.25, 0.3) is 33.3 Å². The van der Waals surface area contributed by atoms with E-state index in [2.05, 4.69) is 10.4 Å². The summed E-state index contributed by atoms with van der Waals surface area (Å²) in [6, 6.07) is 17.1. The lowest BCUT2D eigenvalue weighted by atomic mass is 10.1. The second kappa shape index (κ2) is 7.74. The van der Waals surface area contributed by atoms with Crippen LogP contribution in [0, 0.1) is 0 Å². The van der Waals surface area contributed by atoms with E-state index in [1.54, 1.807) is 41.6 Å². The highest BCUT2D eigenvalue weighted by atomic mass is 16.2. The van der Waals surface area contributed by atoms with Crippen molar-refractivity contribution in [1.29, 1.82) is 0 Å². The Kier molecular flexibility index (Phi) is 4.85. The van der Waals surface area contributed by atoms with Gasteiger partial charge in [0.2, 0.25) is 0 Å². The van der Waals surface area contributed by atoms with Crippen molar-refractivity contribution >= 4 is 33.7 Å². The molecule has 3 aromatic heterocycles. The molecule has 2 aromatic carbocycles. The van der Waals surface area contributed by atoms with Gasteiger partial charge < -0.3 is 5.32 Å². The first kappa shape index (κ1) is 20.7. The maximum absolute atomic E-state index is 13.4. The van der Waals surface area contributed by atoms with Gasteiger partial charge >= 0.3 is 5.69 Å². The molecular formula is C25H24N6O2. The molecule has 8 nitrogen and oxygen atoms in total. The molecule has 0 bridgehead atoms. The van der Waals surface area contributed by atoms with Crippen molar-refractivity contribution in [3.63, 3.8) is 0 Å². The molecule has 1 N–H and O–H groups in total. The van der Waals surface area contributed by atoms with E-state index < -0.39 is 0 Å². The molecule has 0 atom stereocenters. The summed E-state index contributed by atoms with van der Waals surface area (Å²) in [5.74, 6) is -0.261. The van der Waals surface area contributed by atoms with Crippen LogP contribution in [0.15, 0.2) is 65.6 Å². The minimum atomic E-state index is -0.261. The van der Waals surface area contributed by atoms with Crippen molar-refractivity contribution in [1.82, 2.24) is 23.9 Å². The van der Waals surface area contributed by atoms with Gasteiger partial charge in [-0.2, -0.15) is 5.10 Å². The zero-order valence-electron chi connectivity index (χ0n) is 18.9. The fourth-order valence-corrected chi connectivity index (χ4v) is 4.12. The largest absolute Gasteiger partial charge is 0.328 e. The van der Waals surface area contributed by atoms with Crippen LogP contribution in [0.4, 0.5) is 5.69 Å². The van der Waals surface area contributed by atoms with E-state index in [0.717, 1.165) is 16.6 Å². The molecule has 0 saturated carbocycles. The number of benzene rings is 2. The maximum Gasteiger partial charge on any atom is 0.328 e. The van der Waals surface area contributed by atoms with Gasteiger partial charge in [0.05, 0.1) is 33.9 Å². The molecule has 3 heterocycles. The number of carbonyl (C=O) groups is 1. The van der Waals surface area contributed by atoms with Gasteiger partial charge in [-0.3, -0.25) is 13.9 Å². The lowest BCUT2D eigenvalue weighted by Gasteiger charge is -2.11. The number of hydrogen-bond acceptors (Lipinski definition) is 4. The molecule has 5 rings (SSSR count). The van der Waals surface area contributed by atoms with E-state index in [1.807, 2.05) is 61.0 Å². The second-order valence-corrected chi connectivity index (χ2v) is 8.40. The Bertz CT molecular complexity index is 1570. The molecule has 166 valence electrons. The quantitative estimate of drug-likeness (QED) is 0.455. The van der Waals surface area contributed by atoms with E-state index in [4.69, 9.17) is 4.98 Å². The van der Waals surface area contributed by atoms with Gasteiger partial charge in [0.15, 0.2) is 5.65 Å². The third kappa shape index (κ3) is 3.40. The van der Waals surface area contributed by atoms with E-state index in [1.165, 1.54) is 0 Å². The number of aromatic nitrogens is 5. The smallest absolute Gasteiger partial charge is 0.322 e. The number of pyridine rings is 1. The number of nitrogens with one attached hydrogen (secondary N) is 1. The average Bonchev–Trinajstić information content (AvgIpc) is 3.34. The van der Waals surface area contributed by atoms with Crippen molar-refractivity contribution in [2.24, 2.45) is 14.1 Å². The topological polar surface area (TPSA) is 86.7 Å². The molecule has 8 heteroatoms. The Balaban J connectivity index is 1.61. The summed E-state index contributed by atoms with van der Waals surface area (Å²) in [6.07, 6.45) is 1.69. The first-order valence-corrected chi connectivity index (χ1v) is 10.8. The van der Waals surface area contributed by atoms with E-state index in [9.17, 15) is 9.59 Å². The summed E-state index contributed by atoms with van der Waals surface area (Å²) in [5, 5.41) is 8.15. The first-order valence-electron chi connectivity index (χ1n) is 10.8. The van der Waals surface area contributed by atoms with Gasteiger partial charge in [0.25, 0.3) is 5.91 Å². The fourth-order valence-electron chi connectivity index (χ4n) is 4.12. The highest BCUT2D eigenvalue weighted by Crippen LogP contribution is 2.27. The Morgan fingerprint density at radius 1 is 0.970 bits per heavy atom. The Morgan fingerprint density at radius 3 is 2.42 bits per heavy atom. The van der Waals surface area contributed by atoms with Crippen LogP contribution in [-0.2, 0) is 14.1 Å². The number of aryl methyl sites for hydroxylation is 2. The van der Waals surface area contributed by atoms with Gasteiger partial charge in [0, 0.05) is 31.4 Å². The molecular weight excluding hydrogens is 416 g/mol. The lowest BCUT2D eigenvalue weighted by Crippen LogP contribution is -2.19. The molecule has 0 aliphatic carbocycles. The number of amides is 1. The van der Waals surface area contributed by atoms with Crippen LogP contribution >= 0.6 is 0 Å². The molecule has 0 fully saturated rings. The molecule has 0 aliphatic heterocycles. The summed E-state index contributed by atoms with van der Waals surface area (Å²) in [4.78, 5) is 30.5. The summed E-state index contributed by atoms with van der Waals surface area (Å²) >= 11 is 0. The molecule has 0 aliphatic rings. The number of rotatable bonds is 4. The zero-order valence-corrected chi connectivity index (χ0v) is 18.9. The van der Waals surface area contributed by atoms with Crippen LogP contribution in [0.3, 0.4) is 0 Å². The van der Waals surface area contributed by atoms with Gasteiger partial charge in [-0.1, -0.05) is 30.3 Å². The molecule has 5 aromatic rings. The van der Waals surface area contributed by atoms with E-state index >= 15 is 0 Å². The Hall–Kier alpha value is -4.20. The normalized spacial score (nSPS) is 11.5. The number of imidazole rings is 1. The maximum atomic E-state index is 13.4. The van der Waals surface area contributed by atoms with Gasteiger partial charge in [0.1, 0.15) is 0 Å². The van der Waals surface area contributed by atoms with Crippen molar-refractivity contribution in [2.75, 3.05) is 5.32 Å². The minimum Gasteiger partial charge on any atom is -0.322 e. The second-order valence-electron chi connectivity index (χ2n) is 8.40. The number of anilines is 1. The van der Waals surface area contributed by atoms with Crippen molar-refractivity contribution in [3.8, 4) is 11.3 Å². The third-order valence-electron chi connectivity index (χ3n) is 5.90.